The number of esters is 1. The van der Waals surface area contributed by atoms with Crippen LogP contribution in [0.5, 0.6) is 5.75 Å². The summed E-state index contributed by atoms with van der Waals surface area (Å²) in [7, 11) is 0. The van der Waals surface area contributed by atoms with Crippen LogP contribution in [0.15, 0.2) is 77.3 Å². The van der Waals surface area contributed by atoms with Crippen LogP contribution in [0.25, 0.3) is 0 Å². The van der Waals surface area contributed by atoms with E-state index < -0.39 is 23.7 Å². The summed E-state index contributed by atoms with van der Waals surface area (Å²) < 4.78 is 6.42. The Bertz CT molecular complexity index is 1270. The van der Waals surface area contributed by atoms with Crippen molar-refractivity contribution in [2.24, 2.45) is 5.92 Å². The molecule has 3 aromatic rings. The van der Waals surface area contributed by atoms with Gasteiger partial charge in [0.2, 0.25) is 5.91 Å². The molecule has 0 spiro atoms. The van der Waals surface area contributed by atoms with E-state index in [1.165, 1.54) is 6.07 Å². The Kier molecular flexibility index (Phi) is 5.30. The molecule has 1 atom stereocenters. The zero-order chi connectivity index (χ0) is 23.1. The number of carbonyl (C=O) groups excluding carboxylic acids is 4. The fourth-order valence-corrected chi connectivity index (χ4v) is 4.31. The van der Waals surface area contributed by atoms with Crippen molar-refractivity contribution in [1.82, 2.24) is 0 Å². The lowest BCUT2D eigenvalue weighted by molar-refractivity contribution is -0.139. The molecule has 2 aliphatic heterocycles. The molecule has 2 aliphatic rings. The van der Waals surface area contributed by atoms with Gasteiger partial charge in [0.25, 0.3) is 11.8 Å². The van der Waals surface area contributed by atoms with Gasteiger partial charge < -0.3 is 9.64 Å². The molecule has 164 valence electrons. The monoisotopic (exact) mass is 504 g/mol. The number of imide groups is 1. The minimum atomic E-state index is -0.621. The molecule has 8 heteroatoms. The van der Waals surface area contributed by atoms with Gasteiger partial charge >= 0.3 is 5.97 Å². The lowest BCUT2D eigenvalue weighted by atomic mass is 10.1. The first-order valence-electron chi connectivity index (χ1n) is 10.3. The van der Waals surface area contributed by atoms with E-state index in [-0.39, 0.29) is 24.6 Å². The van der Waals surface area contributed by atoms with Gasteiger partial charge in [-0.2, -0.15) is 0 Å². The van der Waals surface area contributed by atoms with Crippen molar-refractivity contribution >= 4 is 51.0 Å². The average molecular weight is 505 g/mol. The Morgan fingerprint density at radius 3 is 2.18 bits per heavy atom. The molecule has 0 aliphatic carbocycles. The minimum Gasteiger partial charge on any atom is -0.426 e. The highest BCUT2D eigenvalue weighted by Crippen LogP contribution is 2.32. The highest BCUT2D eigenvalue weighted by atomic mass is 79.9. The number of amides is 3. The predicted octanol–water partition coefficient (Wildman–Crippen LogP) is 4.21. The first kappa shape index (κ1) is 21.1. The van der Waals surface area contributed by atoms with Crippen LogP contribution in [0.2, 0.25) is 0 Å². The summed E-state index contributed by atoms with van der Waals surface area (Å²) in [5, 5.41) is 0. The molecule has 33 heavy (non-hydrogen) atoms. The molecule has 0 radical (unpaired) electrons. The van der Waals surface area contributed by atoms with Crippen molar-refractivity contribution in [3.05, 3.63) is 88.4 Å². The third kappa shape index (κ3) is 3.82. The van der Waals surface area contributed by atoms with Gasteiger partial charge in [0.15, 0.2) is 0 Å². The first-order valence-corrected chi connectivity index (χ1v) is 11.1. The second kappa shape index (κ2) is 8.29. The number of ether oxygens (including phenoxy) is 1. The van der Waals surface area contributed by atoms with Gasteiger partial charge in [-0.3, -0.25) is 19.2 Å². The Hall–Kier alpha value is -3.78. The number of anilines is 2. The Balaban J connectivity index is 1.31. The normalized spacial score (nSPS) is 17.5. The summed E-state index contributed by atoms with van der Waals surface area (Å²) in [6.07, 6.45) is 0.0486. The summed E-state index contributed by atoms with van der Waals surface area (Å²) >= 11 is 3.36. The van der Waals surface area contributed by atoms with Gasteiger partial charge in [-0.25, -0.2) is 4.90 Å². The van der Waals surface area contributed by atoms with Crippen LogP contribution in [0.4, 0.5) is 11.4 Å². The maximum Gasteiger partial charge on any atom is 0.316 e. The third-order valence-electron chi connectivity index (χ3n) is 5.68. The van der Waals surface area contributed by atoms with Crippen LogP contribution in [0.3, 0.4) is 0 Å². The van der Waals surface area contributed by atoms with Gasteiger partial charge in [-0.15, -0.1) is 0 Å². The van der Waals surface area contributed by atoms with Crippen LogP contribution in [0.1, 0.15) is 27.1 Å². The van der Waals surface area contributed by atoms with Gasteiger partial charge in [0.1, 0.15) is 5.75 Å². The summed E-state index contributed by atoms with van der Waals surface area (Å²) in [5.74, 6) is -1.97. The minimum absolute atomic E-state index is 0.0486. The van der Waals surface area contributed by atoms with E-state index in [1.807, 2.05) is 12.1 Å². The van der Waals surface area contributed by atoms with Crippen molar-refractivity contribution in [2.75, 3.05) is 16.3 Å². The number of hydrogen-bond acceptors (Lipinski definition) is 5. The highest BCUT2D eigenvalue weighted by molar-refractivity contribution is 9.10. The lowest BCUT2D eigenvalue weighted by Gasteiger charge is -2.17. The number of nitrogens with zero attached hydrogens (tertiary/aromatic N) is 2. The van der Waals surface area contributed by atoms with E-state index in [0.717, 1.165) is 9.37 Å². The third-order valence-corrected chi connectivity index (χ3v) is 6.21. The average Bonchev–Trinajstić information content (AvgIpc) is 3.32. The highest BCUT2D eigenvalue weighted by Gasteiger charge is 2.38. The first-order chi connectivity index (χ1) is 15.9. The topological polar surface area (TPSA) is 84.0 Å². The van der Waals surface area contributed by atoms with Gasteiger partial charge in [0, 0.05) is 29.2 Å². The number of rotatable bonds is 4. The predicted molar refractivity (Wildman–Crippen MR) is 124 cm³/mol. The number of halogens is 1. The van der Waals surface area contributed by atoms with E-state index in [2.05, 4.69) is 15.9 Å². The van der Waals surface area contributed by atoms with E-state index in [1.54, 1.807) is 59.5 Å². The molecule has 3 amide bonds. The SMILES string of the molecule is O=C(Oc1cccc(N2C(=O)c3ccccc3C2=O)c1)[C@@H]1CC(=O)N(c2ccc(Br)cc2)C1. The smallest absolute Gasteiger partial charge is 0.316 e. The summed E-state index contributed by atoms with van der Waals surface area (Å²) in [5.41, 5.74) is 1.70. The maximum atomic E-state index is 12.8. The van der Waals surface area contributed by atoms with Crippen molar-refractivity contribution in [2.45, 2.75) is 6.42 Å². The lowest BCUT2D eigenvalue weighted by Crippen LogP contribution is -2.29. The van der Waals surface area contributed by atoms with Crippen molar-refractivity contribution < 1.29 is 23.9 Å². The van der Waals surface area contributed by atoms with Gasteiger partial charge in [0.05, 0.1) is 22.7 Å². The van der Waals surface area contributed by atoms with Crippen molar-refractivity contribution in [3.8, 4) is 5.75 Å². The van der Waals surface area contributed by atoms with Crippen LogP contribution < -0.4 is 14.5 Å². The van der Waals surface area contributed by atoms with Crippen LogP contribution in [0, 0.1) is 5.92 Å². The quantitative estimate of drug-likeness (QED) is 0.302. The number of fused-ring (bicyclic) bond motifs is 1. The second-order valence-electron chi connectivity index (χ2n) is 7.79. The Labute approximate surface area is 197 Å². The van der Waals surface area contributed by atoms with Gasteiger partial charge in [-0.1, -0.05) is 34.1 Å². The fraction of sp³-hybridized carbons (Fsp3) is 0.120. The Morgan fingerprint density at radius 2 is 1.52 bits per heavy atom. The van der Waals surface area contributed by atoms with E-state index in [4.69, 9.17) is 4.74 Å². The van der Waals surface area contributed by atoms with E-state index in [9.17, 15) is 19.2 Å². The van der Waals surface area contributed by atoms with Crippen molar-refractivity contribution in [1.29, 1.82) is 0 Å². The summed E-state index contributed by atoms with van der Waals surface area (Å²) in [4.78, 5) is 53.3. The zero-order valence-corrected chi connectivity index (χ0v) is 18.8. The molecule has 2 heterocycles. The van der Waals surface area contributed by atoms with E-state index >= 15 is 0 Å². The molecular weight excluding hydrogens is 488 g/mol. The van der Waals surface area contributed by atoms with Crippen LogP contribution in [-0.2, 0) is 9.59 Å². The molecule has 0 saturated carbocycles. The molecule has 7 nitrogen and oxygen atoms in total. The molecule has 0 bridgehead atoms. The van der Waals surface area contributed by atoms with Crippen LogP contribution >= 0.6 is 15.9 Å². The standard InChI is InChI=1S/C25H17BrN2O5/c26-16-8-10-17(11-9-16)27-14-15(12-22(27)29)25(32)33-19-5-3-4-18(13-19)28-23(30)20-6-1-2-7-21(20)24(28)31/h1-11,13,15H,12,14H2/t15-/m1/s1. The van der Waals surface area contributed by atoms with Gasteiger partial charge in [-0.05, 0) is 48.5 Å². The van der Waals surface area contributed by atoms with Crippen LogP contribution in [-0.4, -0.2) is 30.2 Å². The fourth-order valence-electron chi connectivity index (χ4n) is 4.05. The molecular formula is C25H17BrN2O5. The molecule has 1 fully saturated rings. The number of hydrogen-bond donors (Lipinski definition) is 0. The number of benzene rings is 3. The summed E-state index contributed by atoms with van der Waals surface area (Å²) in [6.45, 7) is 0.220. The molecule has 3 aromatic carbocycles. The molecule has 0 aromatic heterocycles. The number of carbonyl (C=O) groups is 4. The molecule has 0 N–H and O–H groups in total. The zero-order valence-electron chi connectivity index (χ0n) is 17.2. The second-order valence-corrected chi connectivity index (χ2v) is 8.71. The molecule has 5 rings (SSSR count). The summed E-state index contributed by atoms with van der Waals surface area (Å²) in [6, 6.07) is 20.1. The Morgan fingerprint density at radius 1 is 0.848 bits per heavy atom. The molecule has 1 saturated heterocycles. The van der Waals surface area contributed by atoms with E-state index in [0.29, 0.717) is 22.5 Å². The largest absolute Gasteiger partial charge is 0.426 e. The van der Waals surface area contributed by atoms with Crippen molar-refractivity contribution in [3.63, 3.8) is 0 Å². The maximum absolute atomic E-state index is 12.8. The molecule has 0 unspecified atom stereocenters.